The zero-order valence-corrected chi connectivity index (χ0v) is 8.41. The van der Waals surface area contributed by atoms with Crippen LogP contribution in [-0.4, -0.2) is 17.1 Å². The zero-order chi connectivity index (χ0) is 11.5. The number of nitrogens with zero attached hydrogens (tertiary/aromatic N) is 1. The Morgan fingerprint density at radius 1 is 1.47 bits per heavy atom. The molecule has 15 heavy (non-hydrogen) atoms. The lowest BCUT2D eigenvalue weighted by molar-refractivity contribution is -0.178. The molecule has 0 radical (unpaired) electrons. The molecule has 0 aliphatic rings. The topological polar surface area (TPSA) is 39.2 Å². The van der Waals surface area contributed by atoms with Crippen LogP contribution in [0.3, 0.4) is 0 Å². The first-order valence-corrected chi connectivity index (χ1v) is 4.45. The number of rotatable bonds is 3. The molecule has 0 amide bonds. The van der Waals surface area contributed by atoms with Crippen LogP contribution in [-0.2, 0) is 15.5 Å². The van der Waals surface area contributed by atoms with Gasteiger partial charge < -0.3 is 4.74 Å². The molecule has 0 aliphatic heterocycles. The van der Waals surface area contributed by atoms with E-state index < -0.39 is 23.7 Å². The van der Waals surface area contributed by atoms with Crippen LogP contribution in [0.25, 0.3) is 0 Å². The molecule has 1 rings (SSSR count). The summed E-state index contributed by atoms with van der Waals surface area (Å²) in [6.45, 7) is 3.01. The van der Waals surface area contributed by atoms with Crippen LogP contribution in [0.5, 0.6) is 0 Å². The van der Waals surface area contributed by atoms with Gasteiger partial charge in [-0.15, -0.1) is 0 Å². The predicted octanol–water partition coefficient (Wildman–Crippen LogP) is 2.12. The van der Waals surface area contributed by atoms with Crippen LogP contribution in [0.15, 0.2) is 24.4 Å². The van der Waals surface area contributed by atoms with Gasteiger partial charge in [0.05, 0.1) is 6.10 Å². The lowest BCUT2D eigenvalue weighted by Gasteiger charge is -2.16. The van der Waals surface area contributed by atoms with Crippen LogP contribution < -0.4 is 0 Å². The van der Waals surface area contributed by atoms with Crippen molar-refractivity contribution in [1.29, 1.82) is 0 Å². The van der Waals surface area contributed by atoms with Crippen LogP contribution in [0, 0.1) is 0 Å². The number of ether oxygens (including phenoxy) is 1. The molecular formula is C10H11F2NO2. The second-order valence-electron chi connectivity index (χ2n) is 3.24. The molecule has 0 spiro atoms. The van der Waals surface area contributed by atoms with Crippen molar-refractivity contribution in [1.82, 2.24) is 4.98 Å². The Kier molecular flexibility index (Phi) is 3.34. The molecule has 0 atom stereocenters. The van der Waals surface area contributed by atoms with E-state index >= 15 is 0 Å². The Hall–Kier alpha value is -1.52. The smallest absolute Gasteiger partial charge is 0.384 e. The lowest BCUT2D eigenvalue weighted by Crippen LogP contribution is -2.31. The summed E-state index contributed by atoms with van der Waals surface area (Å²) in [6, 6.07) is 3.97. The van der Waals surface area contributed by atoms with Crippen molar-refractivity contribution in [3.63, 3.8) is 0 Å². The molecular weight excluding hydrogens is 204 g/mol. The highest BCUT2D eigenvalue weighted by molar-refractivity contribution is 5.78. The highest BCUT2D eigenvalue weighted by Crippen LogP contribution is 2.27. The monoisotopic (exact) mass is 215 g/mol. The molecule has 1 heterocycles. The van der Waals surface area contributed by atoms with E-state index in [2.05, 4.69) is 9.72 Å². The fourth-order valence-corrected chi connectivity index (χ4v) is 0.941. The number of carbonyl (C=O) groups is 1. The van der Waals surface area contributed by atoms with Crippen LogP contribution >= 0.6 is 0 Å². The minimum Gasteiger partial charge on any atom is -0.458 e. The highest BCUT2D eigenvalue weighted by Gasteiger charge is 2.44. The molecule has 82 valence electrons. The number of esters is 1. The minimum atomic E-state index is -3.69. The summed E-state index contributed by atoms with van der Waals surface area (Å²) >= 11 is 0. The summed E-state index contributed by atoms with van der Waals surface area (Å²) in [5.74, 6) is -5.26. The van der Waals surface area contributed by atoms with E-state index in [4.69, 9.17) is 0 Å². The van der Waals surface area contributed by atoms with Gasteiger partial charge in [-0.05, 0) is 26.0 Å². The maximum atomic E-state index is 13.4. The van der Waals surface area contributed by atoms with Crippen molar-refractivity contribution in [2.75, 3.05) is 0 Å². The number of hydrogen-bond acceptors (Lipinski definition) is 3. The Morgan fingerprint density at radius 3 is 2.60 bits per heavy atom. The summed E-state index contributed by atoms with van der Waals surface area (Å²) in [5, 5.41) is 0. The molecule has 0 unspecified atom stereocenters. The van der Waals surface area contributed by atoms with Gasteiger partial charge >= 0.3 is 11.9 Å². The third-order valence-corrected chi connectivity index (χ3v) is 1.59. The molecule has 0 saturated carbocycles. The van der Waals surface area contributed by atoms with Crippen molar-refractivity contribution < 1.29 is 18.3 Å². The van der Waals surface area contributed by atoms with Crippen molar-refractivity contribution in [3.05, 3.63) is 30.1 Å². The van der Waals surface area contributed by atoms with E-state index in [1.807, 2.05) is 0 Å². The summed E-state index contributed by atoms with van der Waals surface area (Å²) in [6.07, 6.45) is 0.624. The second-order valence-corrected chi connectivity index (χ2v) is 3.24. The van der Waals surface area contributed by atoms with Crippen LogP contribution in [0.4, 0.5) is 8.78 Å². The van der Waals surface area contributed by atoms with E-state index in [0.717, 1.165) is 6.07 Å². The Morgan fingerprint density at radius 2 is 2.13 bits per heavy atom. The molecule has 0 aromatic carbocycles. The maximum absolute atomic E-state index is 13.4. The van der Waals surface area contributed by atoms with Crippen molar-refractivity contribution in [2.45, 2.75) is 25.9 Å². The number of aromatic nitrogens is 1. The normalized spacial score (nSPS) is 11.5. The standard InChI is InChI=1S/C10H11F2NO2/c1-7(2)15-9(14)10(11,12)8-5-3-4-6-13-8/h3-7H,1-2H3. The average Bonchev–Trinajstić information content (AvgIpc) is 2.18. The Balaban J connectivity index is 2.88. The summed E-state index contributed by atoms with van der Waals surface area (Å²) in [5.41, 5.74) is -0.601. The van der Waals surface area contributed by atoms with Crippen molar-refractivity contribution in [2.24, 2.45) is 0 Å². The van der Waals surface area contributed by atoms with Crippen molar-refractivity contribution >= 4 is 5.97 Å². The van der Waals surface area contributed by atoms with Crippen LogP contribution in [0.2, 0.25) is 0 Å². The predicted molar refractivity (Wildman–Crippen MR) is 49.4 cm³/mol. The largest absolute Gasteiger partial charge is 0.458 e. The molecule has 5 heteroatoms. The van der Waals surface area contributed by atoms with Gasteiger partial charge in [-0.3, -0.25) is 4.98 Å². The van der Waals surface area contributed by atoms with E-state index in [1.165, 1.54) is 32.2 Å². The van der Waals surface area contributed by atoms with E-state index in [-0.39, 0.29) is 0 Å². The molecule has 1 aromatic heterocycles. The van der Waals surface area contributed by atoms with Crippen molar-refractivity contribution in [3.8, 4) is 0 Å². The summed E-state index contributed by atoms with van der Waals surface area (Å²) in [7, 11) is 0. The quantitative estimate of drug-likeness (QED) is 0.725. The number of halogens is 2. The van der Waals surface area contributed by atoms with Gasteiger partial charge in [0.2, 0.25) is 0 Å². The van der Waals surface area contributed by atoms with Gasteiger partial charge in [-0.1, -0.05) is 6.07 Å². The third-order valence-electron chi connectivity index (χ3n) is 1.59. The fraction of sp³-hybridized carbons (Fsp3) is 0.400. The molecule has 3 nitrogen and oxygen atoms in total. The van der Waals surface area contributed by atoms with Gasteiger partial charge in [0.15, 0.2) is 0 Å². The summed E-state index contributed by atoms with van der Waals surface area (Å²) < 4.78 is 31.2. The Bertz CT molecular complexity index is 339. The van der Waals surface area contributed by atoms with Gasteiger partial charge in [0.1, 0.15) is 5.69 Å². The zero-order valence-electron chi connectivity index (χ0n) is 8.41. The van der Waals surface area contributed by atoms with Gasteiger partial charge in [-0.2, -0.15) is 8.78 Å². The van der Waals surface area contributed by atoms with Crippen LogP contribution in [0.1, 0.15) is 19.5 Å². The molecule has 0 fully saturated rings. The number of carbonyl (C=O) groups excluding carboxylic acids is 1. The lowest BCUT2D eigenvalue weighted by atomic mass is 10.2. The summed E-state index contributed by atoms with van der Waals surface area (Å²) in [4.78, 5) is 14.5. The minimum absolute atomic E-state index is 0.577. The van der Waals surface area contributed by atoms with Gasteiger partial charge in [-0.25, -0.2) is 4.79 Å². The SMILES string of the molecule is CC(C)OC(=O)C(F)(F)c1ccccn1. The first-order valence-electron chi connectivity index (χ1n) is 4.45. The molecule has 1 aromatic rings. The van der Waals surface area contributed by atoms with Gasteiger partial charge in [0, 0.05) is 6.20 Å². The van der Waals surface area contributed by atoms with E-state index in [1.54, 1.807) is 0 Å². The average molecular weight is 215 g/mol. The number of hydrogen-bond donors (Lipinski definition) is 0. The van der Waals surface area contributed by atoms with E-state index in [0.29, 0.717) is 0 Å². The molecule has 0 bridgehead atoms. The third kappa shape index (κ3) is 2.71. The molecule has 0 N–H and O–H groups in total. The first-order chi connectivity index (χ1) is 6.94. The fourth-order valence-electron chi connectivity index (χ4n) is 0.941. The first kappa shape index (κ1) is 11.6. The van der Waals surface area contributed by atoms with Gasteiger partial charge in [0.25, 0.3) is 0 Å². The highest BCUT2D eigenvalue weighted by atomic mass is 19.3. The molecule has 0 saturated heterocycles. The van der Waals surface area contributed by atoms with E-state index in [9.17, 15) is 13.6 Å². The molecule has 0 aliphatic carbocycles. The number of pyridine rings is 1. The number of alkyl halides is 2. The second kappa shape index (κ2) is 4.33. The Labute approximate surface area is 86.1 Å². The maximum Gasteiger partial charge on any atom is 0.384 e.